The van der Waals surface area contributed by atoms with E-state index in [2.05, 4.69) is 17.0 Å². The second-order valence-corrected chi connectivity index (χ2v) is 7.49. The van der Waals surface area contributed by atoms with Gasteiger partial charge in [0.05, 0.1) is 13.2 Å². The third-order valence-electron chi connectivity index (χ3n) is 5.61. The lowest BCUT2D eigenvalue weighted by Gasteiger charge is -2.36. The van der Waals surface area contributed by atoms with Crippen LogP contribution in [-0.2, 0) is 11.3 Å². The Kier molecular flexibility index (Phi) is 5.88. The highest BCUT2D eigenvalue weighted by atomic mass is 19.1. The molecule has 2 fully saturated rings. The van der Waals surface area contributed by atoms with E-state index in [9.17, 15) is 9.18 Å². The van der Waals surface area contributed by atoms with Crippen LogP contribution in [0.25, 0.3) is 0 Å². The first kappa shape index (κ1) is 18.9. The lowest BCUT2D eigenvalue weighted by Crippen LogP contribution is -3.12. The largest absolute Gasteiger partial charge is 0.370 e. The van der Waals surface area contributed by atoms with Crippen LogP contribution in [0, 0.1) is 5.82 Å². The van der Waals surface area contributed by atoms with Crippen molar-refractivity contribution in [2.45, 2.75) is 6.54 Å². The fourth-order valence-electron chi connectivity index (χ4n) is 3.89. The quantitative estimate of drug-likeness (QED) is 0.861. The van der Waals surface area contributed by atoms with Crippen LogP contribution in [0.2, 0.25) is 0 Å². The van der Waals surface area contributed by atoms with Gasteiger partial charge < -0.3 is 19.4 Å². The summed E-state index contributed by atoms with van der Waals surface area (Å²) in [5.74, 6) is -0.139. The monoisotopic (exact) mass is 384 g/mol. The zero-order valence-corrected chi connectivity index (χ0v) is 16.1. The Hall–Kier alpha value is -2.44. The SMILES string of the molecule is O=C(c1ccc(C[NH+]2CCOCC2)cc1)N1CCN(c2ccc(F)cc2)CC1. The number of rotatable bonds is 4. The Morgan fingerprint density at radius 2 is 1.57 bits per heavy atom. The van der Waals surface area contributed by atoms with Crippen molar-refractivity contribution in [2.75, 3.05) is 57.4 Å². The number of hydrogen-bond acceptors (Lipinski definition) is 3. The molecule has 1 N–H and O–H groups in total. The van der Waals surface area contributed by atoms with Crippen molar-refractivity contribution in [3.05, 3.63) is 65.5 Å². The van der Waals surface area contributed by atoms with Crippen LogP contribution in [0.15, 0.2) is 48.5 Å². The summed E-state index contributed by atoms with van der Waals surface area (Å²) in [6.07, 6.45) is 0. The van der Waals surface area contributed by atoms with Gasteiger partial charge in [-0.2, -0.15) is 0 Å². The fourth-order valence-corrected chi connectivity index (χ4v) is 3.89. The van der Waals surface area contributed by atoms with Crippen LogP contribution < -0.4 is 9.80 Å². The number of piperazine rings is 1. The van der Waals surface area contributed by atoms with E-state index < -0.39 is 0 Å². The number of halogens is 1. The van der Waals surface area contributed by atoms with Crippen molar-refractivity contribution < 1.29 is 18.8 Å². The van der Waals surface area contributed by atoms with E-state index in [1.807, 2.05) is 17.0 Å². The first-order chi connectivity index (χ1) is 13.7. The molecule has 2 aliphatic rings. The summed E-state index contributed by atoms with van der Waals surface area (Å²) in [5.41, 5.74) is 3.01. The highest BCUT2D eigenvalue weighted by Gasteiger charge is 2.22. The molecule has 0 aromatic heterocycles. The first-order valence-corrected chi connectivity index (χ1v) is 9.99. The van der Waals surface area contributed by atoms with Gasteiger partial charge in [0.15, 0.2) is 0 Å². The van der Waals surface area contributed by atoms with E-state index in [4.69, 9.17) is 4.74 Å². The van der Waals surface area contributed by atoms with Gasteiger partial charge in [-0.1, -0.05) is 12.1 Å². The zero-order valence-electron chi connectivity index (χ0n) is 16.1. The normalized spacial score (nSPS) is 18.3. The number of quaternary nitrogens is 1. The summed E-state index contributed by atoms with van der Waals surface area (Å²) in [7, 11) is 0. The van der Waals surface area contributed by atoms with Gasteiger partial charge in [0, 0.05) is 43.0 Å². The van der Waals surface area contributed by atoms with Crippen molar-refractivity contribution in [1.82, 2.24) is 4.90 Å². The molecule has 0 radical (unpaired) electrons. The molecular weight excluding hydrogens is 357 g/mol. The molecule has 5 nitrogen and oxygen atoms in total. The average molecular weight is 384 g/mol. The summed E-state index contributed by atoms with van der Waals surface area (Å²) in [6.45, 7) is 7.59. The standard InChI is InChI=1S/C22H26FN3O2/c23-20-5-7-21(8-6-20)25-9-11-26(12-10-25)22(27)19-3-1-18(2-4-19)17-24-13-15-28-16-14-24/h1-8H,9-17H2/p+1. The molecule has 1 amide bonds. The van der Waals surface area contributed by atoms with Crippen LogP contribution in [0.4, 0.5) is 10.1 Å². The number of nitrogens with zero attached hydrogens (tertiary/aromatic N) is 2. The van der Waals surface area contributed by atoms with Crippen LogP contribution >= 0.6 is 0 Å². The minimum Gasteiger partial charge on any atom is -0.370 e. The van der Waals surface area contributed by atoms with Gasteiger partial charge in [-0.3, -0.25) is 4.79 Å². The van der Waals surface area contributed by atoms with Crippen molar-refractivity contribution >= 4 is 11.6 Å². The fraction of sp³-hybridized carbons (Fsp3) is 0.409. The number of carbonyl (C=O) groups is 1. The maximum atomic E-state index is 13.1. The van der Waals surface area contributed by atoms with E-state index in [0.29, 0.717) is 13.1 Å². The molecule has 2 aromatic carbocycles. The van der Waals surface area contributed by atoms with E-state index in [1.54, 1.807) is 12.1 Å². The predicted octanol–water partition coefficient (Wildman–Crippen LogP) is 1.20. The first-order valence-electron chi connectivity index (χ1n) is 9.99. The van der Waals surface area contributed by atoms with Gasteiger partial charge in [0.1, 0.15) is 25.5 Å². The van der Waals surface area contributed by atoms with Crippen LogP contribution in [0.3, 0.4) is 0 Å². The summed E-state index contributed by atoms with van der Waals surface area (Å²) >= 11 is 0. The Morgan fingerprint density at radius 3 is 2.21 bits per heavy atom. The number of anilines is 1. The predicted molar refractivity (Wildman–Crippen MR) is 106 cm³/mol. The third-order valence-corrected chi connectivity index (χ3v) is 5.61. The van der Waals surface area contributed by atoms with Crippen molar-refractivity contribution in [1.29, 1.82) is 0 Å². The molecule has 6 heteroatoms. The minimum absolute atomic E-state index is 0.0871. The summed E-state index contributed by atoms with van der Waals surface area (Å²) in [5, 5.41) is 0. The number of morpholine rings is 1. The van der Waals surface area contributed by atoms with Crippen LogP contribution in [0.1, 0.15) is 15.9 Å². The zero-order chi connectivity index (χ0) is 19.3. The maximum Gasteiger partial charge on any atom is 0.253 e. The van der Waals surface area contributed by atoms with Crippen LogP contribution in [-0.4, -0.2) is 63.3 Å². The molecule has 2 aromatic rings. The molecule has 4 rings (SSSR count). The Balaban J connectivity index is 1.31. The van der Waals surface area contributed by atoms with Crippen LogP contribution in [0.5, 0.6) is 0 Å². The number of carbonyl (C=O) groups excluding carboxylic acids is 1. The summed E-state index contributed by atoms with van der Waals surface area (Å²) < 4.78 is 18.5. The molecule has 0 unspecified atom stereocenters. The van der Waals surface area contributed by atoms with E-state index >= 15 is 0 Å². The summed E-state index contributed by atoms with van der Waals surface area (Å²) in [6, 6.07) is 14.6. The van der Waals surface area contributed by atoms with Gasteiger partial charge in [-0.25, -0.2) is 4.39 Å². The van der Waals surface area contributed by atoms with Gasteiger partial charge >= 0.3 is 0 Å². The number of benzene rings is 2. The molecule has 2 aliphatic heterocycles. The molecule has 0 atom stereocenters. The molecule has 0 spiro atoms. The highest BCUT2D eigenvalue weighted by Crippen LogP contribution is 2.18. The second-order valence-electron chi connectivity index (χ2n) is 7.49. The topological polar surface area (TPSA) is 37.2 Å². The van der Waals surface area contributed by atoms with Gasteiger partial charge in [0.2, 0.25) is 0 Å². The highest BCUT2D eigenvalue weighted by molar-refractivity contribution is 5.94. The number of amides is 1. The molecule has 2 heterocycles. The van der Waals surface area contributed by atoms with Crippen molar-refractivity contribution in [3.8, 4) is 0 Å². The minimum atomic E-state index is -0.226. The van der Waals surface area contributed by atoms with Crippen molar-refractivity contribution in [2.24, 2.45) is 0 Å². The van der Waals surface area contributed by atoms with Gasteiger partial charge in [-0.05, 0) is 36.4 Å². The molecule has 0 bridgehead atoms. The lowest BCUT2D eigenvalue weighted by molar-refractivity contribution is -0.921. The summed E-state index contributed by atoms with van der Waals surface area (Å²) in [4.78, 5) is 18.5. The Morgan fingerprint density at radius 1 is 0.929 bits per heavy atom. The van der Waals surface area contributed by atoms with E-state index in [0.717, 1.165) is 57.2 Å². The molecule has 28 heavy (non-hydrogen) atoms. The average Bonchev–Trinajstić information content (AvgIpc) is 2.75. The molecule has 0 aliphatic carbocycles. The number of nitrogens with one attached hydrogen (secondary N) is 1. The lowest BCUT2D eigenvalue weighted by atomic mass is 10.1. The molecule has 0 saturated carbocycles. The van der Waals surface area contributed by atoms with Gasteiger partial charge in [0.25, 0.3) is 5.91 Å². The van der Waals surface area contributed by atoms with Gasteiger partial charge in [-0.15, -0.1) is 0 Å². The number of hydrogen-bond donors (Lipinski definition) is 1. The molecular formula is C22H27FN3O2+. The number of ether oxygens (including phenoxy) is 1. The Labute approximate surface area is 165 Å². The Bertz CT molecular complexity index is 780. The maximum absolute atomic E-state index is 13.1. The van der Waals surface area contributed by atoms with E-state index in [1.165, 1.54) is 22.6 Å². The molecule has 148 valence electrons. The third kappa shape index (κ3) is 4.51. The van der Waals surface area contributed by atoms with Crippen molar-refractivity contribution in [3.63, 3.8) is 0 Å². The molecule has 2 saturated heterocycles. The second kappa shape index (κ2) is 8.71. The van der Waals surface area contributed by atoms with E-state index in [-0.39, 0.29) is 11.7 Å². The smallest absolute Gasteiger partial charge is 0.253 e.